The standard InChI is InChI=1S/4C11H23NS3.Mo/c4*1-9(2)5-7-12(15,11(13)14)8-6-10(3)4;/h4*9-10H,5-8H2,1-4H3,(H,13,14);/q;;;;+4/p-4. The molecular formula is C44H88MoN4S12. The average Bonchev–Trinajstić information content (AvgIpc) is 3.11. The summed E-state index contributed by atoms with van der Waals surface area (Å²) in [5.41, 5.74) is 0. The van der Waals surface area contributed by atoms with Gasteiger partial charge in [-0.05, 0) is 98.7 Å². The van der Waals surface area contributed by atoms with Crippen LogP contribution >= 0.6 is 48.9 Å². The maximum absolute atomic E-state index is 5.55. The van der Waals surface area contributed by atoms with E-state index in [0.717, 1.165) is 104 Å². The summed E-state index contributed by atoms with van der Waals surface area (Å²) < 4.78 is 3.64. The van der Waals surface area contributed by atoms with Crippen LogP contribution in [-0.4, -0.2) is 85.2 Å². The predicted molar refractivity (Wildman–Crippen MR) is 305 cm³/mol. The molecule has 0 amide bonds. The topological polar surface area (TPSA) is 0 Å². The van der Waals surface area contributed by atoms with Crippen LogP contribution in [0.4, 0.5) is 0 Å². The van der Waals surface area contributed by atoms with Gasteiger partial charge in [0.1, 0.15) is 0 Å². The summed E-state index contributed by atoms with van der Waals surface area (Å²) in [6.45, 7) is 42.5. The molecule has 61 heavy (non-hydrogen) atoms. The van der Waals surface area contributed by atoms with Crippen LogP contribution < -0.4 is 0 Å². The van der Waals surface area contributed by atoms with Gasteiger partial charge < -0.3 is 166 Å². The molecule has 4 nitrogen and oxygen atoms in total. The van der Waals surface area contributed by atoms with Gasteiger partial charge in [-0.25, -0.2) is 0 Å². The van der Waals surface area contributed by atoms with E-state index >= 15 is 0 Å². The fraction of sp³-hybridized carbons (Fsp3) is 0.909. The Kier molecular flexibility index (Phi) is 46.7. The molecule has 0 bridgehead atoms. The molecule has 0 atom stereocenters. The Hall–Kier alpha value is 3.17. The second-order valence-electron chi connectivity index (χ2n) is 19.9. The van der Waals surface area contributed by atoms with Gasteiger partial charge in [-0.1, -0.05) is 111 Å². The monoisotopic (exact) mass is 1150 g/mol. The van der Waals surface area contributed by atoms with Crippen LogP contribution in [-0.2, 0) is 123 Å². The smallest absolute Gasteiger partial charge is 0.489 e. The molecule has 0 fully saturated rings. The van der Waals surface area contributed by atoms with Gasteiger partial charge in [0, 0.05) is 17.3 Å². The Balaban J connectivity index is -0.000000227. The Morgan fingerprint density at radius 3 is 0.410 bits per heavy atom. The summed E-state index contributed by atoms with van der Waals surface area (Å²) in [6, 6.07) is 0. The van der Waals surface area contributed by atoms with Crippen LogP contribution in [0.25, 0.3) is 0 Å². The van der Waals surface area contributed by atoms with E-state index in [1.54, 1.807) is 0 Å². The molecule has 0 aromatic carbocycles. The van der Waals surface area contributed by atoms with Crippen LogP contribution in [0.3, 0.4) is 0 Å². The zero-order chi connectivity index (χ0) is 48.2. The van der Waals surface area contributed by atoms with Crippen molar-refractivity contribution in [3.63, 3.8) is 0 Å². The van der Waals surface area contributed by atoms with Crippen molar-refractivity contribution >= 4 is 168 Å². The summed E-state index contributed by atoms with van der Waals surface area (Å²) in [6.07, 6.45) is 8.76. The molecule has 17 heteroatoms. The van der Waals surface area contributed by atoms with E-state index in [4.69, 9.17) is 151 Å². The van der Waals surface area contributed by atoms with Gasteiger partial charge in [-0.3, -0.25) is 0 Å². The third-order valence-electron chi connectivity index (χ3n) is 9.87. The van der Waals surface area contributed by atoms with Gasteiger partial charge in [-0.2, -0.15) is 0 Å². The van der Waals surface area contributed by atoms with Crippen LogP contribution in [0.15, 0.2) is 0 Å². The molecule has 0 aliphatic carbocycles. The Bertz CT molecular complexity index is 943. The van der Waals surface area contributed by atoms with Crippen LogP contribution in [0.1, 0.15) is 162 Å². The second-order valence-corrected chi connectivity index (χ2v) is 26.8. The zero-order valence-corrected chi connectivity index (χ0v) is 52.8. The molecule has 0 aromatic heterocycles. The summed E-state index contributed by atoms with van der Waals surface area (Å²) in [7, 11) is 0. The Morgan fingerprint density at radius 1 is 0.279 bits per heavy atom. The minimum Gasteiger partial charge on any atom is -0.489 e. The first-order valence-electron chi connectivity index (χ1n) is 22.3. The van der Waals surface area contributed by atoms with E-state index in [1.165, 1.54) is 0 Å². The van der Waals surface area contributed by atoms with Gasteiger partial charge in [0.05, 0.1) is 52.4 Å². The summed E-state index contributed by atoms with van der Waals surface area (Å²) in [4.78, 5) is 0. The average molecular weight is 1150 g/mol. The molecule has 0 aliphatic heterocycles. The fourth-order valence-electron chi connectivity index (χ4n) is 4.91. The SMILES string of the molecule is CC(C)CC[N+]([S-])(CCC(C)C)C(=S)[S-].CC(C)CC[N+]([S-])(CCC(C)C)C(=S)[S-].CC(C)CC[N+]([S-])(CCC(C)C)C(=S)[S-].CC(C)CC[N+]([S-])(CCC(C)C)C(=S)[S-].[Mo+4]. The van der Waals surface area contributed by atoms with E-state index in [2.05, 4.69) is 111 Å². The van der Waals surface area contributed by atoms with Crippen LogP contribution in [0.5, 0.6) is 0 Å². The Morgan fingerprint density at radius 2 is 0.361 bits per heavy atom. The van der Waals surface area contributed by atoms with Crippen molar-refractivity contribution in [3.05, 3.63) is 0 Å². The number of thiocarbonyl (C=S) groups is 4. The number of hydrogen-bond donors (Lipinski definition) is 0. The molecule has 0 heterocycles. The van der Waals surface area contributed by atoms with E-state index in [-0.39, 0.29) is 21.1 Å². The predicted octanol–water partition coefficient (Wildman–Crippen LogP) is 12.8. The molecule has 0 aromatic rings. The number of quaternary nitrogens is 4. The van der Waals surface area contributed by atoms with Crippen molar-refractivity contribution in [1.29, 1.82) is 0 Å². The van der Waals surface area contributed by atoms with Crippen LogP contribution in [0.2, 0.25) is 0 Å². The van der Waals surface area contributed by atoms with Crippen molar-refractivity contribution in [2.75, 3.05) is 52.4 Å². The normalized spacial score (nSPS) is 12.3. The molecule has 0 spiro atoms. The number of hydrogen-bond acceptors (Lipinski definition) is 12. The molecule has 0 aliphatic rings. The van der Waals surface area contributed by atoms with E-state index < -0.39 is 0 Å². The van der Waals surface area contributed by atoms with Gasteiger partial charge in [0.15, 0.2) is 0 Å². The van der Waals surface area contributed by atoms with Gasteiger partial charge in [0.25, 0.3) is 0 Å². The van der Waals surface area contributed by atoms with Crippen molar-refractivity contribution in [3.8, 4) is 0 Å². The number of nitrogens with zero attached hydrogens (tertiary/aromatic N) is 4. The van der Waals surface area contributed by atoms with Crippen molar-refractivity contribution in [2.24, 2.45) is 47.3 Å². The summed E-state index contributed by atoms with van der Waals surface area (Å²) in [5.74, 6) is 5.29. The largest absolute Gasteiger partial charge is 4.00 e. The first-order valence-corrected chi connectivity index (χ1v) is 27.0. The van der Waals surface area contributed by atoms with Gasteiger partial charge in [0.2, 0.25) is 0 Å². The van der Waals surface area contributed by atoms with Gasteiger partial charge in [-0.15, -0.1) is 0 Å². The first-order chi connectivity index (χ1) is 27.1. The molecule has 0 rings (SSSR count). The molecule has 0 saturated carbocycles. The van der Waals surface area contributed by atoms with Gasteiger partial charge >= 0.3 is 21.1 Å². The van der Waals surface area contributed by atoms with Crippen molar-refractivity contribution < 1.29 is 36.6 Å². The van der Waals surface area contributed by atoms with Crippen molar-refractivity contribution in [1.82, 2.24) is 0 Å². The zero-order valence-electron chi connectivity index (χ0n) is 41.0. The number of rotatable bonds is 24. The molecular weight excluding hydrogens is 1070 g/mol. The minimum absolute atomic E-state index is 0. The maximum Gasteiger partial charge on any atom is 4.00 e. The molecule has 0 unspecified atom stereocenters. The molecule has 0 N–H and O–H groups in total. The van der Waals surface area contributed by atoms with E-state index in [1.807, 2.05) is 0 Å². The molecule has 362 valence electrons. The minimum atomic E-state index is 0. The molecule has 0 saturated heterocycles. The second kappa shape index (κ2) is 39.0. The first kappa shape index (κ1) is 73.1. The van der Waals surface area contributed by atoms with E-state index in [9.17, 15) is 0 Å². The summed E-state index contributed by atoms with van der Waals surface area (Å²) in [5, 5.41) is 0. The third kappa shape index (κ3) is 41.8. The third-order valence-corrected chi connectivity index (χ3v) is 15.8. The molecule has 0 radical (unpaired) electrons. The maximum atomic E-state index is 5.55. The Labute approximate surface area is 461 Å². The van der Waals surface area contributed by atoms with Crippen molar-refractivity contribution in [2.45, 2.75) is 162 Å². The summed E-state index contributed by atoms with van der Waals surface area (Å²) >= 11 is 63.2. The van der Waals surface area contributed by atoms with Crippen LogP contribution in [0, 0.1) is 47.3 Å². The van der Waals surface area contributed by atoms with E-state index in [0.29, 0.717) is 80.2 Å². The quantitative estimate of drug-likeness (QED) is 0.0391. The fourth-order valence-corrected chi connectivity index (χ4v) is 7.22.